The SMILES string of the molecule is CNS(=O)(=O)c1ccc(Nc2ccc(I)cc2)c(N)c1. The maximum atomic E-state index is 11.7. The zero-order chi connectivity index (χ0) is 14.8. The van der Waals surface area contributed by atoms with Crippen molar-refractivity contribution in [2.75, 3.05) is 18.1 Å². The number of hydrogen-bond acceptors (Lipinski definition) is 4. The highest BCUT2D eigenvalue weighted by Gasteiger charge is 2.12. The molecule has 0 amide bonds. The molecule has 20 heavy (non-hydrogen) atoms. The van der Waals surface area contributed by atoms with Crippen LogP contribution < -0.4 is 15.8 Å². The molecule has 0 heterocycles. The van der Waals surface area contributed by atoms with Crippen molar-refractivity contribution in [3.05, 3.63) is 46.0 Å². The number of nitrogen functional groups attached to an aromatic ring is 1. The van der Waals surface area contributed by atoms with Gasteiger partial charge in [0.05, 0.1) is 16.3 Å². The van der Waals surface area contributed by atoms with Gasteiger partial charge in [0.2, 0.25) is 10.0 Å². The molecule has 0 saturated carbocycles. The number of sulfonamides is 1. The molecule has 106 valence electrons. The van der Waals surface area contributed by atoms with Crippen LogP contribution in [0.25, 0.3) is 0 Å². The molecule has 2 rings (SSSR count). The van der Waals surface area contributed by atoms with Gasteiger partial charge in [-0.05, 0) is 72.1 Å². The molecule has 0 spiro atoms. The summed E-state index contributed by atoms with van der Waals surface area (Å²) in [5.41, 5.74) is 7.83. The van der Waals surface area contributed by atoms with E-state index in [-0.39, 0.29) is 4.90 Å². The van der Waals surface area contributed by atoms with E-state index in [2.05, 4.69) is 32.6 Å². The number of nitrogens with two attached hydrogens (primary N) is 1. The van der Waals surface area contributed by atoms with E-state index in [4.69, 9.17) is 5.73 Å². The van der Waals surface area contributed by atoms with Crippen LogP contribution in [0, 0.1) is 3.57 Å². The number of nitrogens with one attached hydrogen (secondary N) is 2. The third kappa shape index (κ3) is 3.41. The Hall–Kier alpha value is -1.32. The first-order chi connectivity index (χ1) is 9.42. The van der Waals surface area contributed by atoms with Crippen molar-refractivity contribution in [1.29, 1.82) is 0 Å². The summed E-state index contributed by atoms with van der Waals surface area (Å²) in [5, 5.41) is 3.15. The molecule has 0 bridgehead atoms. The molecule has 2 aromatic carbocycles. The lowest BCUT2D eigenvalue weighted by atomic mass is 10.2. The van der Waals surface area contributed by atoms with Crippen LogP contribution in [0.15, 0.2) is 47.4 Å². The number of hydrogen-bond donors (Lipinski definition) is 3. The van der Waals surface area contributed by atoms with Gasteiger partial charge in [0.15, 0.2) is 0 Å². The summed E-state index contributed by atoms with van der Waals surface area (Å²) in [6.07, 6.45) is 0. The molecule has 0 aromatic heterocycles. The Balaban J connectivity index is 2.29. The summed E-state index contributed by atoms with van der Waals surface area (Å²) in [4.78, 5) is 0.144. The summed E-state index contributed by atoms with van der Waals surface area (Å²) in [6.45, 7) is 0. The first kappa shape index (κ1) is 15.1. The fraction of sp³-hybridized carbons (Fsp3) is 0.0769. The van der Waals surface area contributed by atoms with Crippen LogP contribution in [-0.4, -0.2) is 15.5 Å². The Labute approximate surface area is 131 Å². The third-order valence-electron chi connectivity index (χ3n) is 2.73. The molecule has 2 aromatic rings. The molecular weight excluding hydrogens is 389 g/mol. The summed E-state index contributed by atoms with van der Waals surface area (Å²) in [6, 6.07) is 12.4. The van der Waals surface area contributed by atoms with Crippen molar-refractivity contribution in [3.63, 3.8) is 0 Å². The van der Waals surface area contributed by atoms with Crippen molar-refractivity contribution in [2.45, 2.75) is 4.90 Å². The topological polar surface area (TPSA) is 84.2 Å². The zero-order valence-corrected chi connectivity index (χ0v) is 13.7. The molecule has 0 saturated heterocycles. The standard InChI is InChI=1S/C13H14IN3O2S/c1-16-20(18,19)11-6-7-13(12(15)8-11)17-10-4-2-9(14)3-5-10/h2-8,16-17H,15H2,1H3. The Kier molecular flexibility index (Phi) is 4.51. The first-order valence-electron chi connectivity index (χ1n) is 5.78. The van der Waals surface area contributed by atoms with Crippen LogP contribution in [-0.2, 0) is 10.0 Å². The average molecular weight is 403 g/mol. The van der Waals surface area contributed by atoms with E-state index in [1.165, 1.54) is 19.2 Å². The quantitative estimate of drug-likeness (QED) is 0.541. The average Bonchev–Trinajstić information content (AvgIpc) is 2.43. The Morgan fingerprint density at radius 3 is 2.30 bits per heavy atom. The van der Waals surface area contributed by atoms with Crippen molar-refractivity contribution in [1.82, 2.24) is 4.72 Å². The van der Waals surface area contributed by atoms with Crippen LogP contribution in [0.2, 0.25) is 0 Å². The minimum absolute atomic E-state index is 0.144. The second-order valence-electron chi connectivity index (χ2n) is 4.09. The Bertz CT molecular complexity index is 715. The molecule has 0 fully saturated rings. The van der Waals surface area contributed by atoms with Crippen LogP contribution in [0.5, 0.6) is 0 Å². The number of halogens is 1. The minimum Gasteiger partial charge on any atom is -0.397 e. The lowest BCUT2D eigenvalue weighted by molar-refractivity contribution is 0.588. The van der Waals surface area contributed by atoms with Gasteiger partial charge >= 0.3 is 0 Å². The van der Waals surface area contributed by atoms with Crippen LogP contribution in [0.4, 0.5) is 17.1 Å². The summed E-state index contributed by atoms with van der Waals surface area (Å²) in [5.74, 6) is 0. The highest BCUT2D eigenvalue weighted by Crippen LogP contribution is 2.26. The van der Waals surface area contributed by atoms with E-state index in [1.807, 2.05) is 24.3 Å². The molecule has 0 atom stereocenters. The molecule has 0 aliphatic heterocycles. The van der Waals surface area contributed by atoms with Gasteiger partial charge in [0.1, 0.15) is 0 Å². The normalized spacial score (nSPS) is 11.3. The smallest absolute Gasteiger partial charge is 0.240 e. The van der Waals surface area contributed by atoms with Gasteiger partial charge in [-0.3, -0.25) is 0 Å². The zero-order valence-electron chi connectivity index (χ0n) is 10.7. The summed E-state index contributed by atoms with van der Waals surface area (Å²) in [7, 11) is -2.11. The maximum absolute atomic E-state index is 11.7. The van der Waals surface area contributed by atoms with Gasteiger partial charge in [-0.15, -0.1) is 0 Å². The Morgan fingerprint density at radius 2 is 1.75 bits per heavy atom. The first-order valence-corrected chi connectivity index (χ1v) is 8.34. The van der Waals surface area contributed by atoms with Gasteiger partial charge in [-0.25, -0.2) is 13.1 Å². The molecule has 0 aliphatic carbocycles. The van der Waals surface area contributed by atoms with Crippen LogP contribution in [0.3, 0.4) is 0 Å². The molecule has 7 heteroatoms. The number of rotatable bonds is 4. The van der Waals surface area contributed by atoms with Crippen molar-refractivity contribution in [3.8, 4) is 0 Å². The van der Waals surface area contributed by atoms with E-state index in [0.717, 1.165) is 9.26 Å². The summed E-state index contributed by atoms with van der Waals surface area (Å²) >= 11 is 2.23. The largest absolute Gasteiger partial charge is 0.397 e. The monoisotopic (exact) mass is 403 g/mol. The van der Waals surface area contributed by atoms with Crippen molar-refractivity contribution < 1.29 is 8.42 Å². The van der Waals surface area contributed by atoms with Crippen LogP contribution in [0.1, 0.15) is 0 Å². The highest BCUT2D eigenvalue weighted by atomic mass is 127. The molecule has 4 N–H and O–H groups in total. The summed E-state index contributed by atoms with van der Waals surface area (Å²) < 4.78 is 26.7. The van der Waals surface area contributed by atoms with Gasteiger partial charge in [0.25, 0.3) is 0 Å². The van der Waals surface area contributed by atoms with Gasteiger partial charge in [-0.1, -0.05) is 0 Å². The maximum Gasteiger partial charge on any atom is 0.240 e. The predicted octanol–water partition coefficient (Wildman–Crippen LogP) is 2.53. The Morgan fingerprint density at radius 1 is 1.10 bits per heavy atom. The second-order valence-corrected chi connectivity index (χ2v) is 7.22. The van der Waals surface area contributed by atoms with Crippen LogP contribution >= 0.6 is 22.6 Å². The lowest BCUT2D eigenvalue weighted by Crippen LogP contribution is -2.18. The predicted molar refractivity (Wildman–Crippen MR) is 89.5 cm³/mol. The number of anilines is 3. The van der Waals surface area contributed by atoms with E-state index in [0.29, 0.717) is 11.4 Å². The molecule has 5 nitrogen and oxygen atoms in total. The molecular formula is C13H14IN3O2S. The van der Waals surface area contributed by atoms with E-state index in [9.17, 15) is 8.42 Å². The highest BCUT2D eigenvalue weighted by molar-refractivity contribution is 14.1. The molecule has 0 radical (unpaired) electrons. The van der Waals surface area contributed by atoms with E-state index in [1.54, 1.807) is 6.07 Å². The molecule has 0 unspecified atom stereocenters. The fourth-order valence-electron chi connectivity index (χ4n) is 1.63. The van der Waals surface area contributed by atoms with E-state index < -0.39 is 10.0 Å². The van der Waals surface area contributed by atoms with E-state index >= 15 is 0 Å². The van der Waals surface area contributed by atoms with Crippen molar-refractivity contribution in [2.24, 2.45) is 0 Å². The number of benzene rings is 2. The van der Waals surface area contributed by atoms with Gasteiger partial charge < -0.3 is 11.1 Å². The fourth-order valence-corrected chi connectivity index (χ4v) is 2.75. The second kappa shape index (κ2) is 5.98. The van der Waals surface area contributed by atoms with Gasteiger partial charge in [-0.2, -0.15) is 0 Å². The van der Waals surface area contributed by atoms with Crippen molar-refractivity contribution >= 4 is 49.7 Å². The minimum atomic E-state index is -3.47. The van der Waals surface area contributed by atoms with Gasteiger partial charge in [0, 0.05) is 9.26 Å². The molecule has 0 aliphatic rings. The lowest BCUT2D eigenvalue weighted by Gasteiger charge is -2.11. The third-order valence-corrected chi connectivity index (χ3v) is 4.86.